The Labute approximate surface area is 106 Å². The van der Waals surface area contributed by atoms with Crippen LogP contribution in [0.25, 0.3) is 0 Å². The minimum Gasteiger partial charge on any atom is -0.370 e. The predicted octanol–water partition coefficient (Wildman–Crippen LogP) is 4.23. The van der Waals surface area contributed by atoms with Crippen LogP contribution in [0, 0.1) is 10.8 Å². The summed E-state index contributed by atoms with van der Waals surface area (Å²) in [6, 6.07) is 5.79. The third-order valence-electron chi connectivity index (χ3n) is 4.40. The van der Waals surface area contributed by atoms with Crippen molar-refractivity contribution in [2.75, 3.05) is 18.0 Å². The second kappa shape index (κ2) is 3.08. The van der Waals surface area contributed by atoms with Crippen molar-refractivity contribution >= 4 is 28.9 Å². The number of fused-ring (bicyclic) bond motifs is 1. The second-order valence-corrected chi connectivity index (χ2v) is 6.65. The first-order valence-electron chi connectivity index (χ1n) is 5.63. The maximum atomic E-state index is 6.03. The minimum atomic E-state index is 0.502. The number of hydrogen-bond donors (Lipinski definition) is 0. The highest BCUT2D eigenvalue weighted by Crippen LogP contribution is 2.68. The van der Waals surface area contributed by atoms with E-state index in [4.69, 9.17) is 23.2 Å². The lowest BCUT2D eigenvalue weighted by Gasteiger charge is -2.23. The molecule has 1 heterocycles. The van der Waals surface area contributed by atoms with E-state index >= 15 is 0 Å². The quantitative estimate of drug-likeness (QED) is 0.726. The molecule has 16 heavy (non-hydrogen) atoms. The van der Waals surface area contributed by atoms with Crippen molar-refractivity contribution in [3.63, 3.8) is 0 Å². The molecule has 2 aliphatic rings. The summed E-state index contributed by atoms with van der Waals surface area (Å²) in [5.74, 6) is 0. The van der Waals surface area contributed by atoms with Crippen molar-refractivity contribution in [3.05, 3.63) is 28.2 Å². The van der Waals surface area contributed by atoms with Gasteiger partial charge in [-0.3, -0.25) is 0 Å². The number of rotatable bonds is 1. The van der Waals surface area contributed by atoms with Gasteiger partial charge in [-0.05, 0) is 35.4 Å². The molecule has 1 aromatic carbocycles. The van der Waals surface area contributed by atoms with Crippen molar-refractivity contribution < 1.29 is 0 Å². The van der Waals surface area contributed by atoms with Gasteiger partial charge in [0.25, 0.3) is 0 Å². The number of hydrogen-bond acceptors (Lipinski definition) is 1. The summed E-state index contributed by atoms with van der Waals surface area (Å²) in [5, 5.41) is 1.44. The van der Waals surface area contributed by atoms with Gasteiger partial charge in [-0.15, -0.1) is 0 Å². The Morgan fingerprint density at radius 2 is 1.50 bits per heavy atom. The van der Waals surface area contributed by atoms with Crippen molar-refractivity contribution in [2.45, 2.75) is 20.3 Å². The number of halogens is 2. The summed E-state index contributed by atoms with van der Waals surface area (Å²) < 4.78 is 0. The van der Waals surface area contributed by atoms with E-state index in [1.54, 1.807) is 6.07 Å². The Morgan fingerprint density at radius 1 is 1.00 bits per heavy atom. The standard InChI is InChI=1S/C13H15Cl2N/c1-12-6-13(12,2)8-16(7-12)11-4-9(14)3-10(15)5-11/h3-5H,6-8H2,1-2H3. The van der Waals surface area contributed by atoms with Crippen molar-refractivity contribution in [2.24, 2.45) is 10.8 Å². The zero-order chi connectivity index (χ0) is 11.6. The number of benzene rings is 1. The molecule has 3 heteroatoms. The molecule has 0 N–H and O–H groups in total. The normalized spacial score (nSPS) is 36.4. The van der Waals surface area contributed by atoms with Crippen LogP contribution in [0.5, 0.6) is 0 Å². The van der Waals surface area contributed by atoms with E-state index in [0.717, 1.165) is 28.8 Å². The topological polar surface area (TPSA) is 3.24 Å². The largest absolute Gasteiger partial charge is 0.370 e. The average Bonchev–Trinajstić information content (AvgIpc) is 2.54. The molecule has 1 aliphatic carbocycles. The van der Waals surface area contributed by atoms with Gasteiger partial charge in [0, 0.05) is 28.8 Å². The monoisotopic (exact) mass is 255 g/mol. The SMILES string of the molecule is CC12CN(c3cc(Cl)cc(Cl)c3)CC1(C)C2. The summed E-state index contributed by atoms with van der Waals surface area (Å²) in [7, 11) is 0. The molecule has 3 rings (SSSR count). The van der Waals surface area contributed by atoms with Crippen LogP contribution in [0.3, 0.4) is 0 Å². The molecule has 0 radical (unpaired) electrons. The molecule has 2 fully saturated rings. The molecule has 1 saturated heterocycles. The second-order valence-electron chi connectivity index (χ2n) is 5.78. The van der Waals surface area contributed by atoms with E-state index in [1.807, 2.05) is 12.1 Å². The summed E-state index contributed by atoms with van der Waals surface area (Å²) >= 11 is 12.1. The molecule has 0 spiro atoms. The van der Waals surface area contributed by atoms with E-state index in [-0.39, 0.29) is 0 Å². The lowest BCUT2D eigenvalue weighted by molar-refractivity contribution is 0.494. The summed E-state index contributed by atoms with van der Waals surface area (Å²) in [4.78, 5) is 2.40. The third-order valence-corrected chi connectivity index (χ3v) is 4.84. The number of nitrogens with zero attached hydrogens (tertiary/aromatic N) is 1. The van der Waals surface area contributed by atoms with Gasteiger partial charge in [0.05, 0.1) is 0 Å². The molecule has 1 aromatic rings. The van der Waals surface area contributed by atoms with E-state index in [9.17, 15) is 0 Å². The van der Waals surface area contributed by atoms with E-state index < -0.39 is 0 Å². The highest BCUT2D eigenvalue weighted by molar-refractivity contribution is 6.35. The van der Waals surface area contributed by atoms with Crippen molar-refractivity contribution in [3.8, 4) is 0 Å². The summed E-state index contributed by atoms with van der Waals surface area (Å²) in [6.45, 7) is 7.00. The molecule has 1 aliphatic heterocycles. The zero-order valence-corrected chi connectivity index (χ0v) is 11.1. The van der Waals surface area contributed by atoms with E-state index in [2.05, 4.69) is 18.7 Å². The van der Waals surface area contributed by atoms with Crippen LogP contribution in [-0.2, 0) is 0 Å². The number of anilines is 1. The highest BCUT2D eigenvalue weighted by atomic mass is 35.5. The molecular weight excluding hydrogens is 241 g/mol. The lowest BCUT2D eigenvalue weighted by atomic mass is 10.0. The zero-order valence-electron chi connectivity index (χ0n) is 9.56. The van der Waals surface area contributed by atoms with E-state index in [0.29, 0.717) is 10.8 Å². The lowest BCUT2D eigenvalue weighted by Crippen LogP contribution is -2.24. The number of piperidine rings is 1. The summed E-state index contributed by atoms with van der Waals surface area (Å²) in [6.07, 6.45) is 1.35. The van der Waals surface area contributed by atoms with Crippen LogP contribution in [0.15, 0.2) is 18.2 Å². The van der Waals surface area contributed by atoms with Crippen molar-refractivity contribution in [1.82, 2.24) is 0 Å². The van der Waals surface area contributed by atoms with Crippen LogP contribution < -0.4 is 4.90 Å². The summed E-state index contributed by atoms with van der Waals surface area (Å²) in [5.41, 5.74) is 2.16. The molecule has 0 bridgehead atoms. The Morgan fingerprint density at radius 3 is 2.00 bits per heavy atom. The maximum Gasteiger partial charge on any atom is 0.0441 e. The Kier molecular flexibility index (Phi) is 2.07. The van der Waals surface area contributed by atoms with Crippen LogP contribution in [-0.4, -0.2) is 13.1 Å². The van der Waals surface area contributed by atoms with Crippen LogP contribution in [0.2, 0.25) is 10.0 Å². The van der Waals surface area contributed by atoms with Crippen molar-refractivity contribution in [1.29, 1.82) is 0 Å². The molecule has 1 nitrogen and oxygen atoms in total. The van der Waals surface area contributed by atoms with Crippen LogP contribution in [0.1, 0.15) is 20.3 Å². The molecule has 86 valence electrons. The first-order valence-corrected chi connectivity index (χ1v) is 6.39. The smallest absolute Gasteiger partial charge is 0.0441 e. The minimum absolute atomic E-state index is 0.502. The Balaban J connectivity index is 1.90. The van der Waals surface area contributed by atoms with Gasteiger partial charge in [-0.2, -0.15) is 0 Å². The Hall–Kier alpha value is -0.400. The maximum absolute atomic E-state index is 6.03. The molecule has 0 amide bonds. The molecule has 2 atom stereocenters. The van der Waals surface area contributed by atoms with E-state index in [1.165, 1.54) is 6.42 Å². The average molecular weight is 256 g/mol. The first-order chi connectivity index (χ1) is 7.42. The van der Waals surface area contributed by atoms with Gasteiger partial charge in [0.1, 0.15) is 0 Å². The van der Waals surface area contributed by atoms with Crippen LogP contribution >= 0.6 is 23.2 Å². The Bertz CT molecular complexity index is 423. The molecule has 1 saturated carbocycles. The van der Waals surface area contributed by atoms with Crippen LogP contribution in [0.4, 0.5) is 5.69 Å². The van der Waals surface area contributed by atoms with Gasteiger partial charge in [0.2, 0.25) is 0 Å². The highest BCUT2D eigenvalue weighted by Gasteiger charge is 2.66. The fraction of sp³-hybridized carbons (Fsp3) is 0.538. The fourth-order valence-corrected chi connectivity index (χ4v) is 3.63. The first kappa shape index (κ1) is 10.7. The van der Waals surface area contributed by atoms with Gasteiger partial charge in [-0.25, -0.2) is 0 Å². The molecule has 2 unspecified atom stereocenters. The van der Waals surface area contributed by atoms with Gasteiger partial charge >= 0.3 is 0 Å². The third kappa shape index (κ3) is 1.45. The van der Waals surface area contributed by atoms with Gasteiger partial charge in [-0.1, -0.05) is 37.0 Å². The predicted molar refractivity (Wildman–Crippen MR) is 69.5 cm³/mol. The van der Waals surface area contributed by atoms with Gasteiger partial charge < -0.3 is 4.90 Å². The molecule has 0 aromatic heterocycles. The van der Waals surface area contributed by atoms with Gasteiger partial charge in [0.15, 0.2) is 0 Å². The fourth-order valence-electron chi connectivity index (χ4n) is 3.11. The molecular formula is C13H15Cl2N.